The van der Waals surface area contributed by atoms with E-state index in [1.165, 1.54) is 44.3 Å². The zero-order valence-corrected chi connectivity index (χ0v) is 26.1. The van der Waals surface area contributed by atoms with Crippen LogP contribution < -0.4 is 14.4 Å². The average molecular weight is 656 g/mol. The van der Waals surface area contributed by atoms with Gasteiger partial charge in [0.25, 0.3) is 10.0 Å². The van der Waals surface area contributed by atoms with Crippen molar-refractivity contribution in [3.05, 3.63) is 102 Å². The third-order valence-electron chi connectivity index (χ3n) is 8.16. The number of nitrogens with one attached hydrogen (secondary N) is 1. The van der Waals surface area contributed by atoms with Crippen LogP contribution in [-0.2, 0) is 36.4 Å². The Morgan fingerprint density at radius 1 is 0.935 bits per heavy atom. The van der Waals surface area contributed by atoms with E-state index >= 15 is 0 Å². The fourth-order valence-electron chi connectivity index (χ4n) is 5.98. The van der Waals surface area contributed by atoms with Crippen molar-refractivity contribution >= 4 is 38.4 Å². The van der Waals surface area contributed by atoms with Crippen molar-refractivity contribution < 1.29 is 40.7 Å². The summed E-state index contributed by atoms with van der Waals surface area (Å²) in [5, 5.41) is 2.82. The van der Waals surface area contributed by atoms with Gasteiger partial charge < -0.3 is 19.7 Å². The highest BCUT2D eigenvalue weighted by atomic mass is 32.2. The number of carbonyl (C=O) groups excluding carboxylic acids is 2. The highest BCUT2D eigenvalue weighted by molar-refractivity contribution is 7.93. The minimum Gasteiger partial charge on any atom is -0.496 e. The molecule has 0 radical (unpaired) electrons. The summed E-state index contributed by atoms with van der Waals surface area (Å²) >= 11 is 0. The highest BCUT2D eigenvalue weighted by Crippen LogP contribution is 2.48. The maximum Gasteiger partial charge on any atom is 0.471 e. The molecule has 0 aliphatic carbocycles. The first kappa shape index (κ1) is 32.8. The van der Waals surface area contributed by atoms with Gasteiger partial charge in [0.05, 0.1) is 24.2 Å². The number of hydrogen-bond donors (Lipinski definition) is 1. The number of benzene rings is 4. The number of fused-ring (bicyclic) bond motifs is 2. The van der Waals surface area contributed by atoms with Crippen LogP contribution in [0.4, 0.5) is 18.9 Å². The van der Waals surface area contributed by atoms with Crippen LogP contribution in [0.2, 0.25) is 0 Å². The molecule has 1 aliphatic heterocycles. The van der Waals surface area contributed by atoms with Gasteiger partial charge in [-0.25, -0.2) is 8.42 Å². The van der Waals surface area contributed by atoms with E-state index in [-0.39, 0.29) is 22.8 Å². The molecule has 1 heterocycles. The molecule has 46 heavy (non-hydrogen) atoms. The summed E-state index contributed by atoms with van der Waals surface area (Å²) in [4.78, 5) is 27.7. The highest BCUT2D eigenvalue weighted by Gasteiger charge is 2.58. The van der Waals surface area contributed by atoms with E-state index in [4.69, 9.17) is 9.47 Å². The number of sulfonamides is 1. The van der Waals surface area contributed by atoms with Gasteiger partial charge in [-0.1, -0.05) is 72.8 Å². The number of rotatable bonds is 10. The van der Waals surface area contributed by atoms with Gasteiger partial charge >= 0.3 is 18.1 Å². The van der Waals surface area contributed by atoms with E-state index in [1.54, 1.807) is 72.8 Å². The number of ether oxygens (including phenoxy) is 2. The molecule has 0 saturated heterocycles. The van der Waals surface area contributed by atoms with Crippen LogP contribution >= 0.6 is 0 Å². The van der Waals surface area contributed by atoms with E-state index in [2.05, 4.69) is 0 Å². The standard InChI is InChI=1S/C33H32F3N3O6S/c1-38(2)29(19-37-30(40)33(34,35)36)32(31(41)45-20-22-11-5-4-6-12-22)21-39(26-16-10-9-15-25(26)32)46(42,43)28-18-17-27(44-3)23-13-7-8-14-24(23)28/h4-18,29H,19-21H2,1-3H3,(H,37,40). The van der Waals surface area contributed by atoms with Crippen molar-refractivity contribution in [1.82, 2.24) is 10.2 Å². The molecule has 0 bridgehead atoms. The Kier molecular flexibility index (Phi) is 9.00. The Morgan fingerprint density at radius 3 is 2.22 bits per heavy atom. The minimum atomic E-state index is -5.17. The lowest BCUT2D eigenvalue weighted by atomic mass is 9.74. The predicted molar refractivity (Wildman–Crippen MR) is 166 cm³/mol. The van der Waals surface area contributed by atoms with E-state index in [9.17, 15) is 31.2 Å². The predicted octanol–water partition coefficient (Wildman–Crippen LogP) is 4.65. The molecule has 1 aliphatic rings. The lowest BCUT2D eigenvalue weighted by Gasteiger charge is -2.40. The third kappa shape index (κ3) is 5.87. The van der Waals surface area contributed by atoms with Crippen molar-refractivity contribution in [3.63, 3.8) is 0 Å². The Bertz CT molecular complexity index is 1870. The first-order valence-electron chi connectivity index (χ1n) is 14.2. The van der Waals surface area contributed by atoms with Crippen LogP contribution in [-0.4, -0.2) is 71.7 Å². The fraction of sp³-hybridized carbons (Fsp3) is 0.273. The summed E-state index contributed by atoms with van der Waals surface area (Å²) in [7, 11) is 0.139. The maximum atomic E-state index is 14.6. The van der Waals surface area contributed by atoms with Gasteiger partial charge in [-0.05, 0) is 43.4 Å². The molecule has 2 atom stereocenters. The lowest BCUT2D eigenvalue weighted by molar-refractivity contribution is -0.174. The van der Waals surface area contributed by atoms with Crippen LogP contribution in [0.15, 0.2) is 95.9 Å². The third-order valence-corrected chi connectivity index (χ3v) is 9.98. The Labute approximate surface area is 264 Å². The van der Waals surface area contributed by atoms with Crippen molar-refractivity contribution in [1.29, 1.82) is 0 Å². The molecule has 9 nitrogen and oxygen atoms in total. The molecule has 5 rings (SSSR count). The number of methoxy groups -OCH3 is 1. The topological polar surface area (TPSA) is 105 Å². The number of anilines is 1. The largest absolute Gasteiger partial charge is 0.496 e. The summed E-state index contributed by atoms with van der Waals surface area (Å²) in [6.07, 6.45) is -5.17. The number of halogens is 3. The normalized spacial score (nSPS) is 17.1. The molecule has 4 aromatic carbocycles. The molecule has 0 saturated carbocycles. The second-order valence-corrected chi connectivity index (χ2v) is 12.9. The first-order chi connectivity index (χ1) is 21.8. The van der Waals surface area contributed by atoms with Gasteiger partial charge in [0, 0.05) is 23.4 Å². The molecular weight excluding hydrogens is 623 g/mol. The van der Waals surface area contributed by atoms with Gasteiger partial charge in [-0.15, -0.1) is 0 Å². The number of carbonyl (C=O) groups is 2. The van der Waals surface area contributed by atoms with Crippen molar-refractivity contribution in [3.8, 4) is 5.75 Å². The minimum absolute atomic E-state index is 0.0565. The molecule has 242 valence electrons. The molecule has 13 heteroatoms. The summed E-state index contributed by atoms with van der Waals surface area (Å²) in [5.74, 6) is -2.59. The summed E-state index contributed by atoms with van der Waals surface area (Å²) < 4.78 is 81.3. The van der Waals surface area contributed by atoms with Crippen molar-refractivity contribution in [2.45, 2.75) is 29.1 Å². The van der Waals surface area contributed by atoms with Crippen LogP contribution in [0.5, 0.6) is 5.75 Å². The number of nitrogens with zero attached hydrogens (tertiary/aromatic N) is 2. The molecule has 2 unspecified atom stereocenters. The summed E-state index contributed by atoms with van der Waals surface area (Å²) in [6, 6.07) is 23.7. The van der Waals surface area contributed by atoms with Gasteiger partial charge in [0.2, 0.25) is 0 Å². The van der Waals surface area contributed by atoms with Crippen molar-refractivity contribution in [2.24, 2.45) is 0 Å². The smallest absolute Gasteiger partial charge is 0.471 e. The number of amides is 1. The number of hydrogen-bond acceptors (Lipinski definition) is 7. The molecule has 1 amide bonds. The quantitative estimate of drug-likeness (QED) is 0.248. The van der Waals surface area contributed by atoms with Crippen LogP contribution in [0.25, 0.3) is 10.8 Å². The summed E-state index contributed by atoms with van der Waals surface area (Å²) in [5.41, 5.74) is -0.816. The average Bonchev–Trinajstić information content (AvgIpc) is 3.40. The zero-order valence-electron chi connectivity index (χ0n) is 25.2. The maximum absolute atomic E-state index is 14.6. The lowest BCUT2D eigenvalue weighted by Crippen LogP contribution is -2.61. The Balaban J connectivity index is 1.66. The zero-order chi connectivity index (χ0) is 33.3. The molecule has 0 spiro atoms. The Morgan fingerprint density at radius 2 is 1.57 bits per heavy atom. The number of likely N-dealkylation sites (N-methyl/N-ethyl adjacent to an activating group) is 1. The molecular formula is C33H32F3N3O6S. The van der Waals surface area contributed by atoms with E-state index in [0.717, 1.165) is 4.31 Å². The van der Waals surface area contributed by atoms with Crippen LogP contribution in [0.3, 0.4) is 0 Å². The Hall–Kier alpha value is -4.62. The number of para-hydroxylation sites is 1. The molecule has 0 fully saturated rings. The van der Waals surface area contributed by atoms with Gasteiger partial charge in [0.15, 0.2) is 0 Å². The fourth-order valence-corrected chi connectivity index (χ4v) is 7.70. The molecule has 1 N–H and O–H groups in total. The van der Waals surface area contributed by atoms with Crippen LogP contribution in [0.1, 0.15) is 11.1 Å². The van der Waals surface area contributed by atoms with Gasteiger partial charge in [0.1, 0.15) is 17.8 Å². The van der Waals surface area contributed by atoms with Gasteiger partial charge in [-0.3, -0.25) is 13.9 Å². The SMILES string of the molecule is COc1ccc(S(=O)(=O)N2CC(C(=O)OCc3ccccc3)(C(CNC(=O)C(F)(F)F)N(C)C)c3ccccc32)c2ccccc12. The molecule has 4 aromatic rings. The van der Waals surface area contributed by atoms with Crippen LogP contribution in [0, 0.1) is 0 Å². The van der Waals surface area contributed by atoms with Gasteiger partial charge in [-0.2, -0.15) is 13.2 Å². The number of esters is 1. The summed E-state index contributed by atoms with van der Waals surface area (Å²) in [6.45, 7) is -1.32. The van der Waals surface area contributed by atoms with E-state index in [1.807, 2.05) is 5.32 Å². The van der Waals surface area contributed by atoms with Crippen molar-refractivity contribution in [2.75, 3.05) is 38.6 Å². The monoisotopic (exact) mass is 655 g/mol. The number of alkyl halides is 3. The van der Waals surface area contributed by atoms with E-state index in [0.29, 0.717) is 22.1 Å². The first-order valence-corrected chi connectivity index (χ1v) is 15.7. The van der Waals surface area contributed by atoms with E-state index < -0.39 is 52.6 Å². The second-order valence-electron chi connectivity index (χ2n) is 11.1. The molecule has 0 aromatic heterocycles. The second kappa shape index (κ2) is 12.6.